The van der Waals surface area contributed by atoms with Crippen molar-refractivity contribution in [1.82, 2.24) is 9.80 Å². The Labute approximate surface area is 225 Å². The molecule has 1 fully saturated rings. The van der Waals surface area contributed by atoms with Gasteiger partial charge in [-0.2, -0.15) is 26.3 Å². The monoisotopic (exact) mass is 582 g/mol. The topological polar surface area (TPSA) is 49.9 Å². The quantitative estimate of drug-likeness (QED) is 0.355. The predicted molar refractivity (Wildman–Crippen MR) is 129 cm³/mol. The first-order chi connectivity index (χ1) is 17.8. The zero-order valence-corrected chi connectivity index (χ0v) is 22.1. The summed E-state index contributed by atoms with van der Waals surface area (Å²) in [5.74, 6) is -2.63. The van der Waals surface area contributed by atoms with Crippen LogP contribution in [0.2, 0.25) is 5.02 Å². The Morgan fingerprint density at radius 3 is 2.03 bits per heavy atom. The van der Waals surface area contributed by atoms with Gasteiger partial charge in [-0.1, -0.05) is 17.7 Å². The first-order valence-electron chi connectivity index (χ1n) is 11.8. The molecule has 1 aliphatic heterocycles. The Kier molecular flexibility index (Phi) is 8.50. The molecule has 0 aliphatic carbocycles. The number of carbonyl (C=O) groups excluding carboxylic acids is 2. The minimum absolute atomic E-state index is 0.0601. The molecular weight excluding hydrogens is 557 g/mol. The molecule has 1 heterocycles. The van der Waals surface area contributed by atoms with Crippen LogP contribution in [0.15, 0.2) is 36.4 Å². The van der Waals surface area contributed by atoms with E-state index < -0.39 is 64.4 Å². The summed E-state index contributed by atoms with van der Waals surface area (Å²) in [5.41, 5.74) is -4.54. The second kappa shape index (κ2) is 10.9. The van der Waals surface area contributed by atoms with Crippen LogP contribution in [-0.2, 0) is 17.1 Å². The van der Waals surface area contributed by atoms with E-state index in [1.54, 1.807) is 20.8 Å². The number of ether oxygens (including phenoxy) is 1. The standard InChI is InChI=1S/C26H26ClF7N2O3/c1-24(2,3)39-23(38)36-8-7-21(18(13-36)14-5-6-19(27)20(28)11-14)35(4)22(37)15-9-16(25(29,30)31)12-17(10-15)26(32,33)34/h5-6,9-12,18,21H,7-8,13H2,1-4H3/t18-,21+/m0/s1. The number of nitrogens with zero attached hydrogens (tertiary/aromatic N) is 2. The average Bonchev–Trinajstić information content (AvgIpc) is 2.82. The van der Waals surface area contributed by atoms with E-state index in [-0.39, 0.29) is 30.6 Å². The average molecular weight is 583 g/mol. The van der Waals surface area contributed by atoms with E-state index in [0.29, 0.717) is 17.7 Å². The third-order valence-corrected chi connectivity index (χ3v) is 6.56. The summed E-state index contributed by atoms with van der Waals surface area (Å²) in [4.78, 5) is 28.4. The van der Waals surface area contributed by atoms with E-state index in [2.05, 4.69) is 0 Å². The molecule has 1 saturated heterocycles. The number of rotatable bonds is 3. The van der Waals surface area contributed by atoms with Crippen LogP contribution >= 0.6 is 11.6 Å². The maximum absolute atomic E-state index is 14.3. The lowest BCUT2D eigenvalue weighted by Crippen LogP contribution is -2.52. The summed E-state index contributed by atoms with van der Waals surface area (Å²) >= 11 is 5.80. The van der Waals surface area contributed by atoms with Crippen LogP contribution < -0.4 is 0 Å². The maximum Gasteiger partial charge on any atom is 0.416 e. The normalized spacial score (nSPS) is 18.6. The van der Waals surface area contributed by atoms with Gasteiger partial charge in [0, 0.05) is 37.7 Å². The molecule has 5 nitrogen and oxygen atoms in total. The molecule has 2 aromatic carbocycles. The van der Waals surface area contributed by atoms with Gasteiger partial charge in [0.1, 0.15) is 11.4 Å². The molecule has 0 N–H and O–H groups in total. The van der Waals surface area contributed by atoms with Gasteiger partial charge in [0.25, 0.3) is 5.91 Å². The third kappa shape index (κ3) is 7.34. The lowest BCUT2D eigenvalue weighted by molar-refractivity contribution is -0.143. The highest BCUT2D eigenvalue weighted by Crippen LogP contribution is 2.38. The number of likely N-dealkylation sites (N-methyl/N-ethyl adjacent to an activating group) is 1. The Balaban J connectivity index is 2.00. The molecule has 0 aromatic heterocycles. The molecule has 1 aliphatic rings. The van der Waals surface area contributed by atoms with Crippen molar-refractivity contribution < 1.29 is 45.1 Å². The fourth-order valence-corrected chi connectivity index (χ4v) is 4.52. The lowest BCUT2D eigenvalue weighted by atomic mass is 9.84. The smallest absolute Gasteiger partial charge is 0.416 e. The van der Waals surface area contributed by atoms with Crippen molar-refractivity contribution in [2.75, 3.05) is 20.1 Å². The fourth-order valence-electron chi connectivity index (χ4n) is 4.40. The van der Waals surface area contributed by atoms with E-state index in [1.165, 1.54) is 24.1 Å². The van der Waals surface area contributed by atoms with E-state index >= 15 is 0 Å². The van der Waals surface area contributed by atoms with Gasteiger partial charge in [0.15, 0.2) is 0 Å². The Hall–Kier alpha value is -3.02. The Morgan fingerprint density at radius 1 is 0.974 bits per heavy atom. The fraction of sp³-hybridized carbons (Fsp3) is 0.462. The number of hydrogen-bond acceptors (Lipinski definition) is 3. The van der Waals surface area contributed by atoms with E-state index in [1.807, 2.05) is 0 Å². The molecule has 0 spiro atoms. The number of likely N-dealkylation sites (tertiary alicyclic amines) is 1. The van der Waals surface area contributed by atoms with Crippen LogP contribution in [0.3, 0.4) is 0 Å². The Morgan fingerprint density at radius 2 is 1.54 bits per heavy atom. The van der Waals surface area contributed by atoms with Crippen molar-refractivity contribution in [3.63, 3.8) is 0 Å². The van der Waals surface area contributed by atoms with Crippen molar-refractivity contribution in [3.05, 3.63) is 69.5 Å². The molecule has 214 valence electrons. The predicted octanol–water partition coefficient (Wildman–Crippen LogP) is 7.38. The minimum Gasteiger partial charge on any atom is -0.444 e. The van der Waals surface area contributed by atoms with Crippen molar-refractivity contribution in [2.45, 2.75) is 57.1 Å². The van der Waals surface area contributed by atoms with Crippen LogP contribution in [0, 0.1) is 5.82 Å². The maximum atomic E-state index is 14.3. The zero-order chi connectivity index (χ0) is 29.5. The van der Waals surface area contributed by atoms with Crippen LogP contribution in [0.25, 0.3) is 0 Å². The summed E-state index contributed by atoms with van der Waals surface area (Å²) in [5, 5.41) is -0.178. The molecule has 0 radical (unpaired) electrons. The first-order valence-corrected chi connectivity index (χ1v) is 12.1. The SMILES string of the molecule is CN(C(=O)c1cc(C(F)(F)F)cc(C(F)(F)F)c1)[C@@H]1CCN(C(=O)OC(C)(C)C)C[C@H]1c1ccc(Cl)c(F)c1. The van der Waals surface area contributed by atoms with Gasteiger partial charge < -0.3 is 14.5 Å². The molecule has 0 unspecified atom stereocenters. The number of halogens is 8. The lowest BCUT2D eigenvalue weighted by Gasteiger charge is -2.43. The van der Waals surface area contributed by atoms with Gasteiger partial charge in [-0.3, -0.25) is 4.79 Å². The van der Waals surface area contributed by atoms with E-state index in [4.69, 9.17) is 16.3 Å². The third-order valence-electron chi connectivity index (χ3n) is 6.25. The Bertz CT molecular complexity index is 1210. The van der Waals surface area contributed by atoms with Crippen molar-refractivity contribution in [1.29, 1.82) is 0 Å². The summed E-state index contributed by atoms with van der Waals surface area (Å²) < 4.78 is 99.9. The van der Waals surface area contributed by atoms with Gasteiger partial charge >= 0.3 is 18.4 Å². The molecule has 2 aromatic rings. The molecule has 39 heavy (non-hydrogen) atoms. The van der Waals surface area contributed by atoms with Crippen molar-refractivity contribution >= 4 is 23.6 Å². The number of carbonyl (C=O) groups is 2. The molecule has 3 rings (SSSR count). The highest BCUT2D eigenvalue weighted by molar-refractivity contribution is 6.30. The highest BCUT2D eigenvalue weighted by Gasteiger charge is 2.41. The number of piperidine rings is 1. The van der Waals surface area contributed by atoms with Crippen molar-refractivity contribution in [3.8, 4) is 0 Å². The number of amides is 2. The number of hydrogen-bond donors (Lipinski definition) is 0. The van der Waals surface area contributed by atoms with Crippen molar-refractivity contribution in [2.24, 2.45) is 0 Å². The van der Waals surface area contributed by atoms with Gasteiger partial charge in [-0.15, -0.1) is 0 Å². The highest BCUT2D eigenvalue weighted by atomic mass is 35.5. The molecule has 2 atom stereocenters. The summed E-state index contributed by atoms with van der Waals surface area (Å²) in [7, 11) is 1.24. The van der Waals surface area contributed by atoms with E-state index in [9.17, 15) is 40.3 Å². The largest absolute Gasteiger partial charge is 0.444 e. The van der Waals surface area contributed by atoms with Gasteiger partial charge in [-0.05, 0) is 63.1 Å². The van der Waals surface area contributed by atoms with Crippen LogP contribution in [0.4, 0.5) is 35.5 Å². The van der Waals surface area contributed by atoms with Gasteiger partial charge in [0.2, 0.25) is 0 Å². The van der Waals surface area contributed by atoms with E-state index in [0.717, 1.165) is 11.0 Å². The molecular formula is C26H26ClF7N2O3. The summed E-state index contributed by atoms with van der Waals surface area (Å²) in [6.45, 7) is 5.01. The molecule has 2 amide bonds. The van der Waals surface area contributed by atoms with Crippen LogP contribution in [0.5, 0.6) is 0 Å². The summed E-state index contributed by atoms with van der Waals surface area (Å²) in [6.07, 6.45) is -10.8. The molecule has 13 heteroatoms. The minimum atomic E-state index is -5.13. The second-order valence-electron chi connectivity index (χ2n) is 10.3. The van der Waals surface area contributed by atoms with Crippen LogP contribution in [0.1, 0.15) is 60.2 Å². The van der Waals surface area contributed by atoms with Gasteiger partial charge in [-0.25, -0.2) is 9.18 Å². The number of benzene rings is 2. The van der Waals surface area contributed by atoms with Crippen LogP contribution in [-0.4, -0.2) is 53.6 Å². The second-order valence-corrected chi connectivity index (χ2v) is 10.7. The number of alkyl halides is 6. The van der Waals surface area contributed by atoms with Gasteiger partial charge in [0.05, 0.1) is 16.1 Å². The first kappa shape index (κ1) is 30.5. The molecule has 0 saturated carbocycles. The summed E-state index contributed by atoms with van der Waals surface area (Å²) in [6, 6.07) is 3.71. The zero-order valence-electron chi connectivity index (χ0n) is 21.4. The molecule has 0 bridgehead atoms.